The summed E-state index contributed by atoms with van der Waals surface area (Å²) in [5.41, 5.74) is 7.31. The minimum absolute atomic E-state index is 0.535. The lowest BCUT2D eigenvalue weighted by Crippen LogP contribution is -2.06. The van der Waals surface area contributed by atoms with Gasteiger partial charge in [0.2, 0.25) is 0 Å². The maximum atomic E-state index is 5.04. The SMILES string of the molecule is CCc1nn(C2CCCC2)c2cc(C(=Cc3ccncc3)c3ccccc3)ccc12. The molecule has 0 unspecified atom stereocenters. The summed E-state index contributed by atoms with van der Waals surface area (Å²) < 4.78 is 2.32. The van der Waals surface area contributed by atoms with E-state index in [2.05, 4.69) is 83.3 Å². The molecule has 5 rings (SSSR count). The molecule has 3 heteroatoms. The van der Waals surface area contributed by atoms with E-state index in [-0.39, 0.29) is 0 Å². The molecule has 0 radical (unpaired) electrons. The van der Waals surface area contributed by atoms with Gasteiger partial charge in [-0.05, 0) is 65.8 Å². The van der Waals surface area contributed by atoms with E-state index >= 15 is 0 Å². The van der Waals surface area contributed by atoms with E-state index in [0.717, 1.165) is 12.0 Å². The van der Waals surface area contributed by atoms with Gasteiger partial charge in [-0.3, -0.25) is 9.67 Å². The molecule has 1 aliphatic rings. The van der Waals surface area contributed by atoms with Crippen molar-refractivity contribution in [2.75, 3.05) is 0 Å². The van der Waals surface area contributed by atoms with Gasteiger partial charge in [0.1, 0.15) is 0 Å². The summed E-state index contributed by atoms with van der Waals surface area (Å²) in [6, 6.07) is 22.2. The average molecular weight is 394 g/mol. The molecule has 1 aliphatic carbocycles. The smallest absolute Gasteiger partial charge is 0.0700 e. The fourth-order valence-corrected chi connectivity index (χ4v) is 4.64. The molecule has 30 heavy (non-hydrogen) atoms. The highest BCUT2D eigenvalue weighted by atomic mass is 15.3. The van der Waals surface area contributed by atoms with E-state index in [1.807, 2.05) is 12.4 Å². The van der Waals surface area contributed by atoms with Crippen molar-refractivity contribution >= 4 is 22.6 Å². The van der Waals surface area contributed by atoms with Gasteiger partial charge in [-0.2, -0.15) is 5.10 Å². The van der Waals surface area contributed by atoms with Gasteiger partial charge >= 0.3 is 0 Å². The quantitative estimate of drug-likeness (QED) is 0.378. The Balaban J connectivity index is 1.68. The van der Waals surface area contributed by atoms with E-state index in [0.29, 0.717) is 6.04 Å². The maximum Gasteiger partial charge on any atom is 0.0700 e. The molecule has 2 heterocycles. The highest BCUT2D eigenvalue weighted by Gasteiger charge is 2.21. The lowest BCUT2D eigenvalue weighted by atomic mass is 9.95. The van der Waals surface area contributed by atoms with Crippen LogP contribution in [0.25, 0.3) is 22.6 Å². The molecule has 0 bridgehead atoms. The largest absolute Gasteiger partial charge is 0.265 e. The zero-order chi connectivity index (χ0) is 20.3. The first-order valence-corrected chi connectivity index (χ1v) is 11.0. The van der Waals surface area contributed by atoms with Gasteiger partial charge in [0, 0.05) is 17.8 Å². The summed E-state index contributed by atoms with van der Waals surface area (Å²) in [4.78, 5) is 4.17. The Morgan fingerprint density at radius 3 is 2.47 bits per heavy atom. The maximum absolute atomic E-state index is 5.04. The Kier molecular flexibility index (Phi) is 5.18. The molecule has 0 amide bonds. The fourth-order valence-electron chi connectivity index (χ4n) is 4.64. The second kappa shape index (κ2) is 8.27. The molecule has 1 saturated carbocycles. The van der Waals surface area contributed by atoms with Crippen LogP contribution in [0, 0.1) is 0 Å². The molecule has 2 aromatic carbocycles. The van der Waals surface area contributed by atoms with Crippen LogP contribution < -0.4 is 0 Å². The summed E-state index contributed by atoms with van der Waals surface area (Å²) in [6.45, 7) is 2.20. The molecular formula is C27H27N3. The zero-order valence-corrected chi connectivity index (χ0v) is 17.5. The van der Waals surface area contributed by atoms with Crippen LogP contribution in [0.15, 0.2) is 73.1 Å². The lowest BCUT2D eigenvalue weighted by Gasteiger charge is -2.13. The van der Waals surface area contributed by atoms with E-state index < -0.39 is 0 Å². The molecule has 0 atom stereocenters. The van der Waals surface area contributed by atoms with Gasteiger partial charge in [-0.15, -0.1) is 0 Å². The summed E-state index contributed by atoms with van der Waals surface area (Å²) in [7, 11) is 0. The Bertz CT molecular complexity index is 1170. The van der Waals surface area contributed by atoms with Crippen LogP contribution in [0.4, 0.5) is 0 Å². The summed E-state index contributed by atoms with van der Waals surface area (Å²) in [5, 5.41) is 6.33. The van der Waals surface area contributed by atoms with Crippen molar-refractivity contribution in [3.8, 4) is 0 Å². The topological polar surface area (TPSA) is 30.7 Å². The van der Waals surface area contributed by atoms with E-state index in [1.165, 1.54) is 59.0 Å². The highest BCUT2D eigenvalue weighted by molar-refractivity contribution is 5.95. The van der Waals surface area contributed by atoms with E-state index in [9.17, 15) is 0 Å². The van der Waals surface area contributed by atoms with Crippen molar-refractivity contribution < 1.29 is 0 Å². The second-order valence-electron chi connectivity index (χ2n) is 8.12. The van der Waals surface area contributed by atoms with Crippen molar-refractivity contribution in [2.24, 2.45) is 0 Å². The van der Waals surface area contributed by atoms with Gasteiger partial charge in [-0.1, -0.05) is 62.2 Å². The first kappa shape index (κ1) is 18.8. The van der Waals surface area contributed by atoms with Crippen molar-refractivity contribution in [3.63, 3.8) is 0 Å². The van der Waals surface area contributed by atoms with Crippen LogP contribution in [0.3, 0.4) is 0 Å². The summed E-state index contributed by atoms with van der Waals surface area (Å²) in [6.07, 6.45) is 12.0. The molecule has 2 aromatic heterocycles. The molecule has 150 valence electrons. The van der Waals surface area contributed by atoms with Crippen LogP contribution in [0.2, 0.25) is 0 Å². The van der Waals surface area contributed by atoms with Crippen molar-refractivity contribution in [1.82, 2.24) is 14.8 Å². The van der Waals surface area contributed by atoms with Gasteiger partial charge in [-0.25, -0.2) is 0 Å². The van der Waals surface area contributed by atoms with Gasteiger partial charge in [0.25, 0.3) is 0 Å². The van der Waals surface area contributed by atoms with Gasteiger partial charge < -0.3 is 0 Å². The number of nitrogens with zero attached hydrogens (tertiary/aromatic N) is 3. The number of aryl methyl sites for hydroxylation is 1. The fraction of sp³-hybridized carbons (Fsp3) is 0.259. The van der Waals surface area contributed by atoms with Crippen LogP contribution in [0.1, 0.15) is 61.0 Å². The summed E-state index contributed by atoms with van der Waals surface area (Å²) in [5.74, 6) is 0. The monoisotopic (exact) mass is 393 g/mol. The highest BCUT2D eigenvalue weighted by Crippen LogP contribution is 2.35. The van der Waals surface area contributed by atoms with Crippen LogP contribution in [-0.4, -0.2) is 14.8 Å². The predicted molar refractivity (Wildman–Crippen MR) is 124 cm³/mol. The van der Waals surface area contributed by atoms with Crippen molar-refractivity contribution in [1.29, 1.82) is 0 Å². The molecule has 0 spiro atoms. The lowest BCUT2D eigenvalue weighted by molar-refractivity contribution is 0.478. The Morgan fingerprint density at radius 2 is 1.73 bits per heavy atom. The van der Waals surface area contributed by atoms with Crippen molar-refractivity contribution in [3.05, 3.63) is 95.4 Å². The Hall–Kier alpha value is -3.20. The number of benzene rings is 2. The molecule has 0 saturated heterocycles. The third-order valence-electron chi connectivity index (χ3n) is 6.20. The number of pyridine rings is 1. The zero-order valence-electron chi connectivity index (χ0n) is 17.5. The Labute approximate surface area is 178 Å². The third kappa shape index (κ3) is 3.56. The summed E-state index contributed by atoms with van der Waals surface area (Å²) >= 11 is 0. The predicted octanol–water partition coefficient (Wildman–Crippen LogP) is 6.70. The molecule has 4 aromatic rings. The molecule has 0 N–H and O–H groups in total. The number of hydrogen-bond donors (Lipinski definition) is 0. The normalized spacial score (nSPS) is 15.2. The number of aromatic nitrogens is 3. The molecular weight excluding hydrogens is 366 g/mol. The first-order valence-electron chi connectivity index (χ1n) is 11.0. The number of fused-ring (bicyclic) bond motifs is 1. The van der Waals surface area contributed by atoms with E-state index in [1.54, 1.807) is 0 Å². The van der Waals surface area contributed by atoms with Gasteiger partial charge in [0.15, 0.2) is 0 Å². The Morgan fingerprint density at radius 1 is 0.967 bits per heavy atom. The second-order valence-corrected chi connectivity index (χ2v) is 8.12. The van der Waals surface area contributed by atoms with Gasteiger partial charge in [0.05, 0.1) is 17.3 Å². The van der Waals surface area contributed by atoms with Crippen molar-refractivity contribution in [2.45, 2.75) is 45.1 Å². The third-order valence-corrected chi connectivity index (χ3v) is 6.20. The first-order chi connectivity index (χ1) is 14.8. The van der Waals surface area contributed by atoms with Crippen LogP contribution >= 0.6 is 0 Å². The average Bonchev–Trinajstić information content (AvgIpc) is 3.46. The number of hydrogen-bond acceptors (Lipinski definition) is 2. The number of rotatable bonds is 5. The van der Waals surface area contributed by atoms with Crippen LogP contribution in [-0.2, 0) is 6.42 Å². The minimum atomic E-state index is 0.535. The molecule has 1 fully saturated rings. The minimum Gasteiger partial charge on any atom is -0.265 e. The standard InChI is InChI=1S/C27H27N3/c1-2-26-24-13-12-22(19-27(24)30(29-26)23-10-6-7-11-23)25(21-8-4-3-5-9-21)18-20-14-16-28-17-15-20/h3-5,8-9,12-19,23H,2,6-7,10-11H2,1H3. The van der Waals surface area contributed by atoms with Crippen LogP contribution in [0.5, 0.6) is 0 Å². The van der Waals surface area contributed by atoms with E-state index in [4.69, 9.17) is 5.10 Å². The molecule has 3 nitrogen and oxygen atoms in total. The molecule has 0 aliphatic heterocycles.